The van der Waals surface area contributed by atoms with Gasteiger partial charge in [-0.1, -0.05) is 17.7 Å². The maximum absolute atomic E-state index is 6.03. The second-order valence-electron chi connectivity index (χ2n) is 5.43. The van der Waals surface area contributed by atoms with Crippen LogP contribution in [0.1, 0.15) is 17.5 Å². The summed E-state index contributed by atoms with van der Waals surface area (Å²) in [6, 6.07) is 7.60. The molecule has 1 aliphatic carbocycles. The van der Waals surface area contributed by atoms with Crippen LogP contribution in [0.25, 0.3) is 0 Å². The average Bonchev–Trinajstić information content (AvgIpc) is 2.84. The molecule has 3 heteroatoms. The second-order valence-corrected chi connectivity index (χ2v) is 5.87. The molecule has 0 bridgehead atoms. The van der Waals surface area contributed by atoms with Crippen molar-refractivity contribution in [3.05, 3.63) is 34.3 Å². The summed E-state index contributed by atoms with van der Waals surface area (Å²) in [5.74, 6) is 0. The SMILES string of the molecule is CN1CCC(NC2Cc3ccc(Cl)cc3C2)C1. The monoisotopic (exact) mass is 250 g/mol. The quantitative estimate of drug-likeness (QED) is 0.865. The van der Waals surface area contributed by atoms with Gasteiger partial charge < -0.3 is 10.2 Å². The normalized spacial score (nSPS) is 28.6. The molecule has 92 valence electrons. The van der Waals surface area contributed by atoms with Crippen molar-refractivity contribution in [2.75, 3.05) is 20.1 Å². The molecule has 3 rings (SSSR count). The molecule has 0 saturated carbocycles. The molecule has 2 nitrogen and oxygen atoms in total. The molecule has 1 fully saturated rings. The van der Waals surface area contributed by atoms with E-state index in [0.717, 1.165) is 17.9 Å². The summed E-state index contributed by atoms with van der Waals surface area (Å²) < 4.78 is 0. The van der Waals surface area contributed by atoms with E-state index in [9.17, 15) is 0 Å². The van der Waals surface area contributed by atoms with Gasteiger partial charge in [0.05, 0.1) is 0 Å². The van der Waals surface area contributed by atoms with Gasteiger partial charge in [0.25, 0.3) is 0 Å². The summed E-state index contributed by atoms with van der Waals surface area (Å²) in [7, 11) is 2.20. The van der Waals surface area contributed by atoms with Gasteiger partial charge in [-0.3, -0.25) is 0 Å². The van der Waals surface area contributed by atoms with Crippen molar-refractivity contribution < 1.29 is 0 Å². The number of likely N-dealkylation sites (tertiary alicyclic amines) is 1. The first-order valence-electron chi connectivity index (χ1n) is 6.42. The van der Waals surface area contributed by atoms with E-state index in [1.807, 2.05) is 6.07 Å². The Labute approximate surface area is 108 Å². The van der Waals surface area contributed by atoms with Crippen molar-refractivity contribution in [2.45, 2.75) is 31.3 Å². The van der Waals surface area contributed by atoms with Crippen LogP contribution in [0.5, 0.6) is 0 Å². The minimum atomic E-state index is 0.611. The Morgan fingerprint density at radius 3 is 2.82 bits per heavy atom. The molecule has 0 aromatic heterocycles. The van der Waals surface area contributed by atoms with Crippen LogP contribution in [0.3, 0.4) is 0 Å². The van der Waals surface area contributed by atoms with Gasteiger partial charge in [-0.2, -0.15) is 0 Å². The van der Waals surface area contributed by atoms with E-state index in [2.05, 4.69) is 29.4 Å². The Bertz CT molecular complexity index is 419. The molecule has 2 aliphatic rings. The second kappa shape index (κ2) is 4.60. The van der Waals surface area contributed by atoms with Crippen molar-refractivity contribution in [3.63, 3.8) is 0 Å². The third-order valence-electron chi connectivity index (χ3n) is 3.96. The first-order valence-corrected chi connectivity index (χ1v) is 6.80. The lowest BCUT2D eigenvalue weighted by molar-refractivity contribution is 0.382. The van der Waals surface area contributed by atoms with Crippen LogP contribution in [-0.4, -0.2) is 37.1 Å². The molecular formula is C14H19ClN2. The van der Waals surface area contributed by atoms with E-state index in [4.69, 9.17) is 11.6 Å². The van der Waals surface area contributed by atoms with E-state index < -0.39 is 0 Å². The van der Waals surface area contributed by atoms with Crippen LogP contribution in [0, 0.1) is 0 Å². The molecule has 2 atom stereocenters. The molecule has 0 spiro atoms. The molecule has 0 radical (unpaired) electrons. The molecule has 0 amide bonds. The topological polar surface area (TPSA) is 15.3 Å². The zero-order chi connectivity index (χ0) is 11.8. The zero-order valence-corrected chi connectivity index (χ0v) is 11.0. The lowest BCUT2D eigenvalue weighted by atomic mass is 10.1. The van der Waals surface area contributed by atoms with Crippen molar-refractivity contribution in [2.24, 2.45) is 0 Å². The van der Waals surface area contributed by atoms with Gasteiger partial charge >= 0.3 is 0 Å². The highest BCUT2D eigenvalue weighted by Gasteiger charge is 2.26. The molecule has 1 aromatic carbocycles. The zero-order valence-electron chi connectivity index (χ0n) is 10.2. The Kier molecular flexibility index (Phi) is 3.12. The fourth-order valence-corrected chi connectivity index (χ4v) is 3.30. The number of rotatable bonds is 2. The lowest BCUT2D eigenvalue weighted by Gasteiger charge is -2.18. The lowest BCUT2D eigenvalue weighted by Crippen LogP contribution is -2.40. The predicted molar refractivity (Wildman–Crippen MR) is 71.7 cm³/mol. The van der Waals surface area contributed by atoms with Gasteiger partial charge in [0.1, 0.15) is 0 Å². The number of hydrogen-bond donors (Lipinski definition) is 1. The number of nitrogens with one attached hydrogen (secondary N) is 1. The van der Waals surface area contributed by atoms with Gasteiger partial charge in [-0.05, 0) is 56.1 Å². The third kappa shape index (κ3) is 2.49. The number of halogens is 1. The molecule has 1 heterocycles. The smallest absolute Gasteiger partial charge is 0.0408 e. The average molecular weight is 251 g/mol. The molecule has 1 aliphatic heterocycles. The molecule has 1 aromatic rings. The van der Waals surface area contributed by atoms with Crippen LogP contribution >= 0.6 is 11.6 Å². The molecule has 2 unspecified atom stereocenters. The highest BCUT2D eigenvalue weighted by atomic mass is 35.5. The maximum Gasteiger partial charge on any atom is 0.0408 e. The first kappa shape index (κ1) is 11.5. The van der Waals surface area contributed by atoms with Crippen LogP contribution in [0.4, 0.5) is 0 Å². The van der Waals surface area contributed by atoms with Gasteiger partial charge in [0, 0.05) is 23.7 Å². The van der Waals surface area contributed by atoms with Crippen LogP contribution in [0.2, 0.25) is 5.02 Å². The summed E-state index contributed by atoms with van der Waals surface area (Å²) in [5, 5.41) is 4.66. The number of benzene rings is 1. The first-order chi connectivity index (χ1) is 8.20. The van der Waals surface area contributed by atoms with E-state index in [1.165, 1.54) is 30.6 Å². The fourth-order valence-electron chi connectivity index (χ4n) is 3.11. The Balaban J connectivity index is 1.62. The Morgan fingerprint density at radius 2 is 2.06 bits per heavy atom. The molecule has 1 N–H and O–H groups in total. The summed E-state index contributed by atoms with van der Waals surface area (Å²) in [6.45, 7) is 2.41. The molecule has 1 saturated heterocycles. The van der Waals surface area contributed by atoms with Crippen LogP contribution in [0.15, 0.2) is 18.2 Å². The van der Waals surface area contributed by atoms with E-state index in [1.54, 1.807) is 0 Å². The number of fused-ring (bicyclic) bond motifs is 1. The van der Waals surface area contributed by atoms with Crippen LogP contribution in [-0.2, 0) is 12.8 Å². The van der Waals surface area contributed by atoms with Crippen molar-refractivity contribution >= 4 is 11.6 Å². The van der Waals surface area contributed by atoms with Crippen LogP contribution < -0.4 is 5.32 Å². The molecular weight excluding hydrogens is 232 g/mol. The summed E-state index contributed by atoms with van der Waals surface area (Å²) in [6.07, 6.45) is 3.58. The molecule has 17 heavy (non-hydrogen) atoms. The van der Waals surface area contributed by atoms with Crippen molar-refractivity contribution in [1.82, 2.24) is 10.2 Å². The van der Waals surface area contributed by atoms with Gasteiger partial charge in [0.2, 0.25) is 0 Å². The van der Waals surface area contributed by atoms with Crippen molar-refractivity contribution in [1.29, 1.82) is 0 Å². The Hall–Kier alpha value is -0.570. The predicted octanol–water partition coefficient (Wildman–Crippen LogP) is 2.10. The fraction of sp³-hybridized carbons (Fsp3) is 0.571. The highest BCUT2D eigenvalue weighted by molar-refractivity contribution is 6.30. The number of nitrogens with zero attached hydrogens (tertiary/aromatic N) is 1. The standard InChI is InChI=1S/C14H19ClN2/c1-17-5-4-13(9-17)16-14-7-10-2-3-12(15)6-11(10)8-14/h2-3,6,13-14,16H,4-5,7-9H2,1H3. The number of likely N-dealkylation sites (N-methyl/N-ethyl adjacent to an activating group) is 1. The summed E-state index contributed by atoms with van der Waals surface area (Å²) in [5.41, 5.74) is 2.90. The third-order valence-corrected chi connectivity index (χ3v) is 4.20. The Morgan fingerprint density at radius 1 is 1.24 bits per heavy atom. The summed E-state index contributed by atoms with van der Waals surface area (Å²) in [4.78, 5) is 2.40. The maximum atomic E-state index is 6.03. The van der Waals surface area contributed by atoms with Gasteiger partial charge in [0.15, 0.2) is 0 Å². The van der Waals surface area contributed by atoms with Gasteiger partial charge in [-0.25, -0.2) is 0 Å². The van der Waals surface area contributed by atoms with E-state index in [-0.39, 0.29) is 0 Å². The largest absolute Gasteiger partial charge is 0.309 e. The minimum absolute atomic E-state index is 0.611. The number of hydrogen-bond acceptors (Lipinski definition) is 2. The van der Waals surface area contributed by atoms with Crippen molar-refractivity contribution in [3.8, 4) is 0 Å². The highest BCUT2D eigenvalue weighted by Crippen LogP contribution is 2.26. The van der Waals surface area contributed by atoms with Gasteiger partial charge in [-0.15, -0.1) is 0 Å². The minimum Gasteiger partial charge on any atom is -0.309 e. The van der Waals surface area contributed by atoms with E-state index in [0.29, 0.717) is 12.1 Å². The summed E-state index contributed by atoms with van der Waals surface area (Å²) >= 11 is 6.03. The van der Waals surface area contributed by atoms with E-state index >= 15 is 0 Å².